The fraction of sp³-hybridized carbons (Fsp3) is 0.471. The third-order valence-electron chi connectivity index (χ3n) is 3.99. The number of nitrogens with one attached hydrogen (secondary N) is 3. The van der Waals surface area contributed by atoms with Crippen molar-refractivity contribution < 1.29 is 14.3 Å². The number of nitrogens with zero attached hydrogens (tertiary/aromatic N) is 3. The van der Waals surface area contributed by atoms with Crippen molar-refractivity contribution in [3.63, 3.8) is 0 Å². The highest BCUT2D eigenvalue weighted by atomic mass is 32.1. The van der Waals surface area contributed by atoms with Crippen molar-refractivity contribution in [2.75, 3.05) is 22.6 Å². The van der Waals surface area contributed by atoms with E-state index in [4.69, 9.17) is 4.74 Å². The van der Waals surface area contributed by atoms with Crippen LogP contribution in [0.4, 0.5) is 22.5 Å². The summed E-state index contributed by atoms with van der Waals surface area (Å²) in [7, 11) is 0. The number of hydrogen-bond acceptors (Lipinski definition) is 9. The second-order valence-corrected chi connectivity index (χ2v) is 7.48. The predicted octanol–water partition coefficient (Wildman–Crippen LogP) is 2.86. The molecule has 0 saturated carbocycles. The van der Waals surface area contributed by atoms with Crippen molar-refractivity contribution in [3.8, 4) is 0 Å². The molecule has 144 valence electrons. The molecule has 3 N–H and O–H groups in total. The molecule has 0 radical (unpaired) electrons. The lowest BCUT2D eigenvalue weighted by Crippen LogP contribution is -2.43. The van der Waals surface area contributed by atoms with E-state index in [-0.39, 0.29) is 17.9 Å². The molecule has 9 nitrogen and oxygen atoms in total. The highest BCUT2D eigenvalue weighted by Gasteiger charge is 2.31. The van der Waals surface area contributed by atoms with Gasteiger partial charge in [-0.25, -0.2) is 19.7 Å². The molecule has 3 heterocycles. The quantitative estimate of drug-likeness (QED) is 0.667. The lowest BCUT2D eigenvalue weighted by Gasteiger charge is -2.29. The summed E-state index contributed by atoms with van der Waals surface area (Å²) in [6.45, 7) is 9.49. The van der Waals surface area contributed by atoms with Gasteiger partial charge in [0.15, 0.2) is 16.8 Å². The molecular formula is C17H22N6O3S. The minimum atomic E-state index is -0.406. The zero-order valence-electron chi connectivity index (χ0n) is 15.8. The molecule has 1 atom stereocenters. The summed E-state index contributed by atoms with van der Waals surface area (Å²) in [6.07, 6.45) is 0. The third-order valence-corrected chi connectivity index (χ3v) is 5.05. The first-order chi connectivity index (χ1) is 12.8. The average Bonchev–Trinajstić information content (AvgIpc) is 2.95. The number of rotatable bonds is 5. The molecule has 2 aromatic heterocycles. The molecule has 1 aliphatic heterocycles. The van der Waals surface area contributed by atoms with Crippen LogP contribution in [0.15, 0.2) is 0 Å². The number of ether oxygens (including phenoxy) is 1. The van der Waals surface area contributed by atoms with Crippen LogP contribution in [-0.2, 0) is 9.53 Å². The first-order valence-corrected chi connectivity index (χ1v) is 9.49. The zero-order chi connectivity index (χ0) is 19.7. The van der Waals surface area contributed by atoms with Crippen LogP contribution < -0.4 is 16.0 Å². The molecule has 1 amide bonds. The van der Waals surface area contributed by atoms with Crippen molar-refractivity contribution >= 4 is 45.7 Å². The van der Waals surface area contributed by atoms with Gasteiger partial charge in [0.25, 0.3) is 0 Å². The number of amides is 1. The molecule has 1 aliphatic rings. The number of esters is 1. The van der Waals surface area contributed by atoms with E-state index in [1.165, 1.54) is 11.3 Å². The Bertz CT molecular complexity index is 895. The Hall–Kier alpha value is -2.75. The second-order valence-electron chi connectivity index (χ2n) is 6.48. The number of aromatic nitrogens is 3. The van der Waals surface area contributed by atoms with E-state index in [0.717, 1.165) is 0 Å². The third kappa shape index (κ3) is 3.85. The van der Waals surface area contributed by atoms with E-state index in [0.29, 0.717) is 45.5 Å². The van der Waals surface area contributed by atoms with Gasteiger partial charge in [-0.05, 0) is 26.7 Å². The normalized spacial score (nSPS) is 15.8. The molecule has 3 rings (SSSR count). The molecule has 0 bridgehead atoms. The van der Waals surface area contributed by atoms with E-state index in [1.807, 2.05) is 13.8 Å². The number of carbonyl (C=O) groups is 2. The van der Waals surface area contributed by atoms with Gasteiger partial charge in [-0.1, -0.05) is 25.2 Å². The maximum absolute atomic E-state index is 12.4. The zero-order valence-corrected chi connectivity index (χ0v) is 16.7. The summed E-state index contributed by atoms with van der Waals surface area (Å²) >= 11 is 1.17. The van der Waals surface area contributed by atoms with E-state index >= 15 is 0 Å². The minimum Gasteiger partial charge on any atom is -0.462 e. The van der Waals surface area contributed by atoms with Crippen LogP contribution in [0.5, 0.6) is 0 Å². The molecule has 27 heavy (non-hydrogen) atoms. The van der Waals surface area contributed by atoms with Crippen LogP contribution in [0.2, 0.25) is 0 Å². The second kappa shape index (κ2) is 7.47. The first-order valence-electron chi connectivity index (χ1n) is 8.67. The van der Waals surface area contributed by atoms with Gasteiger partial charge in [0.05, 0.1) is 12.3 Å². The smallest absolute Gasteiger partial charge is 0.350 e. The van der Waals surface area contributed by atoms with Crippen molar-refractivity contribution in [2.24, 2.45) is 5.92 Å². The van der Waals surface area contributed by atoms with E-state index in [1.54, 1.807) is 20.8 Å². The van der Waals surface area contributed by atoms with Crippen molar-refractivity contribution in [2.45, 2.75) is 40.7 Å². The molecule has 0 spiro atoms. The highest BCUT2D eigenvalue weighted by molar-refractivity contribution is 7.17. The Kier molecular flexibility index (Phi) is 5.26. The van der Waals surface area contributed by atoms with Crippen molar-refractivity contribution in [3.05, 3.63) is 16.4 Å². The Labute approximate surface area is 161 Å². The number of thiazole rings is 1. The monoisotopic (exact) mass is 390 g/mol. The van der Waals surface area contributed by atoms with Gasteiger partial charge < -0.3 is 20.7 Å². The lowest BCUT2D eigenvalue weighted by atomic mass is 10.0. The van der Waals surface area contributed by atoms with Gasteiger partial charge in [-0.15, -0.1) is 0 Å². The number of anilines is 4. The topological polar surface area (TPSA) is 118 Å². The standard InChI is InChI=1S/C17H22N6O3S/c1-6-26-16(25)12-8(4)18-17(27-12)23-14-11-13(19-9(5)20-14)21-10(7(2)3)15(24)22-11/h7,10H,6H2,1-5H3,(H,22,24)(H2,18,19,20,21,23). The van der Waals surface area contributed by atoms with Gasteiger partial charge in [-0.3, -0.25) is 4.79 Å². The molecule has 10 heteroatoms. The van der Waals surface area contributed by atoms with E-state index < -0.39 is 5.97 Å². The number of hydrogen-bond donors (Lipinski definition) is 3. The minimum absolute atomic E-state index is 0.110. The maximum Gasteiger partial charge on any atom is 0.350 e. The van der Waals surface area contributed by atoms with Gasteiger partial charge in [0, 0.05) is 0 Å². The Morgan fingerprint density at radius 2 is 2.04 bits per heavy atom. The Morgan fingerprint density at radius 3 is 2.70 bits per heavy atom. The number of aryl methyl sites for hydroxylation is 2. The summed E-state index contributed by atoms with van der Waals surface area (Å²) in [4.78, 5) is 37.9. The predicted molar refractivity (Wildman–Crippen MR) is 104 cm³/mol. The molecular weight excluding hydrogens is 368 g/mol. The molecule has 0 saturated heterocycles. The Balaban J connectivity index is 1.92. The van der Waals surface area contributed by atoms with Crippen LogP contribution in [0, 0.1) is 19.8 Å². The summed E-state index contributed by atoms with van der Waals surface area (Å²) in [6, 6.07) is -0.364. The number of carbonyl (C=O) groups excluding carboxylic acids is 2. The van der Waals surface area contributed by atoms with Crippen molar-refractivity contribution in [1.82, 2.24) is 15.0 Å². The van der Waals surface area contributed by atoms with E-state index in [2.05, 4.69) is 30.9 Å². The average molecular weight is 390 g/mol. The van der Waals surface area contributed by atoms with Crippen molar-refractivity contribution in [1.29, 1.82) is 0 Å². The fourth-order valence-electron chi connectivity index (χ4n) is 2.71. The molecule has 0 aromatic carbocycles. The van der Waals surface area contributed by atoms with Gasteiger partial charge in [0.1, 0.15) is 22.4 Å². The summed E-state index contributed by atoms with van der Waals surface area (Å²) in [5.41, 5.74) is 1.04. The highest BCUT2D eigenvalue weighted by Crippen LogP contribution is 2.35. The number of fused-ring (bicyclic) bond motifs is 1. The summed E-state index contributed by atoms with van der Waals surface area (Å²) in [5, 5.41) is 9.61. The lowest BCUT2D eigenvalue weighted by molar-refractivity contribution is -0.117. The Morgan fingerprint density at radius 1 is 1.30 bits per heavy atom. The van der Waals surface area contributed by atoms with Gasteiger partial charge in [-0.2, -0.15) is 0 Å². The van der Waals surface area contributed by atoms with Crippen LogP contribution in [-0.4, -0.2) is 39.5 Å². The van der Waals surface area contributed by atoms with Gasteiger partial charge >= 0.3 is 5.97 Å². The van der Waals surface area contributed by atoms with Crippen LogP contribution in [0.25, 0.3) is 0 Å². The fourth-order valence-corrected chi connectivity index (χ4v) is 3.57. The van der Waals surface area contributed by atoms with Gasteiger partial charge in [0.2, 0.25) is 5.91 Å². The first kappa shape index (κ1) is 19.0. The summed E-state index contributed by atoms with van der Waals surface area (Å²) < 4.78 is 5.04. The van der Waals surface area contributed by atoms with Crippen LogP contribution >= 0.6 is 11.3 Å². The SMILES string of the molecule is CCOC(=O)c1sc(Nc2nc(C)nc3c2NC(=O)C(C(C)C)N3)nc1C. The maximum atomic E-state index is 12.4. The van der Waals surface area contributed by atoms with E-state index in [9.17, 15) is 9.59 Å². The molecule has 0 fully saturated rings. The largest absolute Gasteiger partial charge is 0.462 e. The molecule has 1 unspecified atom stereocenters. The van der Waals surface area contributed by atoms with Crippen LogP contribution in [0.3, 0.4) is 0 Å². The molecule has 0 aliphatic carbocycles. The van der Waals surface area contributed by atoms with Crippen LogP contribution in [0.1, 0.15) is 42.0 Å². The molecule has 2 aromatic rings. The summed E-state index contributed by atoms with van der Waals surface area (Å²) in [5.74, 6) is 1.08.